The number of hydrogen-bond donors (Lipinski definition) is 1. The van der Waals surface area contributed by atoms with Gasteiger partial charge in [0.1, 0.15) is 5.82 Å². The second-order valence-electron chi connectivity index (χ2n) is 6.98. The van der Waals surface area contributed by atoms with Gasteiger partial charge in [0.2, 0.25) is 10.0 Å². The third-order valence-corrected chi connectivity index (χ3v) is 6.50. The molecule has 1 aromatic heterocycles. The number of nitrogens with zero attached hydrogens (tertiary/aromatic N) is 2. The van der Waals surface area contributed by atoms with Gasteiger partial charge in [-0.2, -0.15) is 5.10 Å². The number of thiophene rings is 1. The normalized spacial score (nSPS) is 16.3. The highest BCUT2D eigenvalue weighted by atomic mass is 35.5. The summed E-state index contributed by atoms with van der Waals surface area (Å²) in [6.07, 6.45) is 1.33. The van der Waals surface area contributed by atoms with E-state index in [9.17, 15) is 17.6 Å². The number of hydrogen-bond acceptors (Lipinski definition) is 5. The Bertz CT molecular complexity index is 1240. The van der Waals surface area contributed by atoms with Crippen molar-refractivity contribution in [3.05, 3.63) is 86.8 Å². The monoisotopic (exact) mass is 477 g/mol. The van der Waals surface area contributed by atoms with Crippen LogP contribution >= 0.6 is 22.9 Å². The molecule has 0 bridgehead atoms. The molecule has 1 amide bonds. The molecule has 0 aliphatic carbocycles. The number of halogens is 2. The van der Waals surface area contributed by atoms with Crippen molar-refractivity contribution in [2.75, 3.05) is 11.0 Å². The molecule has 31 heavy (non-hydrogen) atoms. The van der Waals surface area contributed by atoms with Crippen LogP contribution < -0.4 is 4.72 Å². The highest BCUT2D eigenvalue weighted by Gasteiger charge is 2.36. The fourth-order valence-electron chi connectivity index (χ4n) is 3.38. The number of anilines is 1. The van der Waals surface area contributed by atoms with Crippen LogP contribution in [0.5, 0.6) is 0 Å². The van der Waals surface area contributed by atoms with Gasteiger partial charge < -0.3 is 0 Å². The number of rotatable bonds is 5. The van der Waals surface area contributed by atoms with Gasteiger partial charge in [0.05, 0.1) is 22.9 Å². The van der Waals surface area contributed by atoms with Crippen molar-refractivity contribution in [1.29, 1.82) is 0 Å². The molecule has 1 atom stereocenters. The molecule has 6 nitrogen and oxygen atoms in total. The number of carbonyl (C=O) groups is 1. The number of carbonyl (C=O) groups excluding carboxylic acids is 1. The zero-order chi connectivity index (χ0) is 22.2. The van der Waals surface area contributed by atoms with Crippen LogP contribution in [0.25, 0.3) is 0 Å². The SMILES string of the molecule is CS(=O)(=O)Nc1ccc(C2=NN(C(=O)c3cccs3)C(c3c(F)cccc3Cl)C2)cc1. The Morgan fingerprint density at radius 2 is 1.94 bits per heavy atom. The van der Waals surface area contributed by atoms with E-state index >= 15 is 0 Å². The first-order valence-electron chi connectivity index (χ1n) is 9.19. The van der Waals surface area contributed by atoms with Crippen molar-refractivity contribution < 1.29 is 17.6 Å². The van der Waals surface area contributed by atoms with E-state index in [1.807, 2.05) is 0 Å². The largest absolute Gasteiger partial charge is 0.284 e. The highest BCUT2D eigenvalue weighted by molar-refractivity contribution is 7.92. The molecule has 2 heterocycles. The van der Waals surface area contributed by atoms with Gasteiger partial charge in [-0.1, -0.05) is 35.9 Å². The number of sulfonamides is 1. The summed E-state index contributed by atoms with van der Waals surface area (Å²) in [5, 5.41) is 7.78. The lowest BCUT2D eigenvalue weighted by molar-refractivity contribution is 0.0714. The molecule has 2 aromatic carbocycles. The lowest BCUT2D eigenvalue weighted by Crippen LogP contribution is -2.27. The van der Waals surface area contributed by atoms with Crippen LogP contribution in [0.1, 0.15) is 33.3 Å². The molecule has 0 radical (unpaired) electrons. The molecule has 3 aromatic rings. The molecular weight excluding hydrogens is 461 g/mol. The summed E-state index contributed by atoms with van der Waals surface area (Å²) < 4.78 is 39.9. The molecule has 10 heteroatoms. The van der Waals surface area contributed by atoms with Gasteiger partial charge in [-0.15, -0.1) is 11.3 Å². The molecule has 1 aliphatic rings. The standard InChI is InChI=1S/C21H17ClFN3O3S2/c1-31(28,29)25-14-9-7-13(8-10-14)17-12-18(20-15(22)4-2-5-16(20)23)26(24-17)21(27)19-6-3-11-30-19/h2-11,18,25H,12H2,1H3. The van der Waals surface area contributed by atoms with E-state index in [1.54, 1.807) is 47.8 Å². The van der Waals surface area contributed by atoms with E-state index in [2.05, 4.69) is 9.82 Å². The summed E-state index contributed by atoms with van der Waals surface area (Å²) in [6.45, 7) is 0. The first-order chi connectivity index (χ1) is 14.7. The average Bonchev–Trinajstić information content (AvgIpc) is 3.37. The molecule has 0 spiro atoms. The Labute approximate surface area is 188 Å². The summed E-state index contributed by atoms with van der Waals surface area (Å²) in [5.41, 5.74) is 1.88. The van der Waals surface area contributed by atoms with E-state index in [-0.39, 0.29) is 22.9 Å². The smallest absolute Gasteiger partial charge is 0.284 e. The van der Waals surface area contributed by atoms with Crippen molar-refractivity contribution in [2.45, 2.75) is 12.5 Å². The van der Waals surface area contributed by atoms with E-state index in [0.717, 1.165) is 6.26 Å². The summed E-state index contributed by atoms with van der Waals surface area (Å²) in [4.78, 5) is 13.6. The Morgan fingerprint density at radius 1 is 1.19 bits per heavy atom. The Balaban J connectivity index is 1.71. The minimum absolute atomic E-state index is 0.211. The fraction of sp³-hybridized carbons (Fsp3) is 0.143. The predicted molar refractivity (Wildman–Crippen MR) is 121 cm³/mol. The zero-order valence-corrected chi connectivity index (χ0v) is 18.6. The number of amides is 1. The lowest BCUT2D eigenvalue weighted by Gasteiger charge is -2.22. The third kappa shape index (κ3) is 4.63. The Kier molecular flexibility index (Phi) is 5.83. The molecular formula is C21H17ClFN3O3S2. The maximum absolute atomic E-state index is 14.7. The highest BCUT2D eigenvalue weighted by Crippen LogP contribution is 2.39. The fourth-order valence-corrected chi connectivity index (χ4v) is 4.89. The van der Waals surface area contributed by atoms with Crippen molar-refractivity contribution >= 4 is 50.3 Å². The van der Waals surface area contributed by atoms with E-state index in [4.69, 9.17) is 11.6 Å². The van der Waals surface area contributed by atoms with Crippen LogP contribution in [0.2, 0.25) is 5.02 Å². The van der Waals surface area contributed by atoms with Gasteiger partial charge in [0.15, 0.2) is 0 Å². The van der Waals surface area contributed by atoms with Crippen LogP contribution in [-0.4, -0.2) is 31.3 Å². The van der Waals surface area contributed by atoms with Crippen molar-refractivity contribution in [3.8, 4) is 0 Å². The van der Waals surface area contributed by atoms with Crippen LogP contribution in [-0.2, 0) is 10.0 Å². The quantitative estimate of drug-likeness (QED) is 0.567. The van der Waals surface area contributed by atoms with Gasteiger partial charge in [0, 0.05) is 22.7 Å². The first kappa shape index (κ1) is 21.5. The summed E-state index contributed by atoms with van der Waals surface area (Å²) in [6, 6.07) is 13.8. The molecule has 4 rings (SSSR count). The van der Waals surface area contributed by atoms with Crippen LogP contribution in [0.3, 0.4) is 0 Å². The van der Waals surface area contributed by atoms with Crippen molar-refractivity contribution in [3.63, 3.8) is 0 Å². The molecule has 1 unspecified atom stereocenters. The predicted octanol–water partition coefficient (Wildman–Crippen LogP) is 4.90. The summed E-state index contributed by atoms with van der Waals surface area (Å²) >= 11 is 7.56. The third-order valence-electron chi connectivity index (χ3n) is 4.70. The Hall–Kier alpha value is -2.75. The topological polar surface area (TPSA) is 78.8 Å². The van der Waals surface area contributed by atoms with Gasteiger partial charge in [-0.3, -0.25) is 9.52 Å². The first-order valence-corrected chi connectivity index (χ1v) is 12.3. The number of hydrazone groups is 1. The molecule has 0 fully saturated rings. The molecule has 160 valence electrons. The van der Waals surface area contributed by atoms with Crippen molar-refractivity contribution in [1.82, 2.24) is 5.01 Å². The second kappa shape index (κ2) is 8.41. The van der Waals surface area contributed by atoms with Gasteiger partial charge in [-0.25, -0.2) is 17.8 Å². The summed E-state index contributed by atoms with van der Waals surface area (Å²) in [7, 11) is -3.40. The zero-order valence-electron chi connectivity index (χ0n) is 16.2. The average molecular weight is 478 g/mol. The van der Waals surface area contributed by atoms with E-state index in [0.29, 0.717) is 21.8 Å². The maximum atomic E-state index is 14.7. The minimum atomic E-state index is -3.40. The lowest BCUT2D eigenvalue weighted by atomic mass is 9.97. The second-order valence-corrected chi connectivity index (χ2v) is 10.1. The molecule has 0 saturated carbocycles. The van der Waals surface area contributed by atoms with Crippen molar-refractivity contribution in [2.24, 2.45) is 5.10 Å². The van der Waals surface area contributed by atoms with Crippen LogP contribution in [0, 0.1) is 5.82 Å². The minimum Gasteiger partial charge on any atom is -0.284 e. The number of nitrogens with one attached hydrogen (secondary N) is 1. The van der Waals surface area contributed by atoms with E-state index in [1.165, 1.54) is 28.5 Å². The Morgan fingerprint density at radius 3 is 2.55 bits per heavy atom. The van der Waals surface area contributed by atoms with E-state index < -0.39 is 21.9 Å². The molecule has 0 saturated heterocycles. The van der Waals surface area contributed by atoms with Crippen LogP contribution in [0.4, 0.5) is 10.1 Å². The van der Waals surface area contributed by atoms with Gasteiger partial charge in [-0.05, 0) is 41.3 Å². The maximum Gasteiger partial charge on any atom is 0.284 e. The van der Waals surface area contributed by atoms with Gasteiger partial charge >= 0.3 is 0 Å². The van der Waals surface area contributed by atoms with Crippen LogP contribution in [0.15, 0.2) is 65.1 Å². The summed E-state index contributed by atoms with van der Waals surface area (Å²) in [5.74, 6) is -0.852. The van der Waals surface area contributed by atoms with Gasteiger partial charge in [0.25, 0.3) is 5.91 Å². The number of benzene rings is 2. The molecule has 1 aliphatic heterocycles. The molecule has 1 N–H and O–H groups in total.